The smallest absolute Gasteiger partial charge is 0.406 e. The molecule has 0 aromatic heterocycles. The maximum atomic E-state index is 12.0. The second kappa shape index (κ2) is 8.63. The van der Waals surface area contributed by atoms with Crippen molar-refractivity contribution in [2.24, 2.45) is 0 Å². The summed E-state index contributed by atoms with van der Waals surface area (Å²) < 4.78 is 49.6. The van der Waals surface area contributed by atoms with Crippen LogP contribution in [0.3, 0.4) is 0 Å². The molecule has 0 saturated heterocycles. The van der Waals surface area contributed by atoms with E-state index >= 15 is 0 Å². The Bertz CT molecular complexity index is 429. The van der Waals surface area contributed by atoms with Crippen molar-refractivity contribution in [1.29, 1.82) is 0 Å². The summed E-state index contributed by atoms with van der Waals surface area (Å²) in [5, 5.41) is 0. The summed E-state index contributed by atoms with van der Waals surface area (Å²) in [6, 6.07) is 5.24. The van der Waals surface area contributed by atoms with Gasteiger partial charge in [0.05, 0.1) is 19.8 Å². The number of Topliss-reactive ketones (excluding diaryl/α,β-unsaturated/α-hetero) is 1. The zero-order valence-corrected chi connectivity index (χ0v) is 11.6. The van der Waals surface area contributed by atoms with E-state index in [0.717, 1.165) is 0 Å². The van der Waals surface area contributed by atoms with Crippen LogP contribution in [0.25, 0.3) is 0 Å². The van der Waals surface area contributed by atoms with Crippen molar-refractivity contribution in [2.45, 2.75) is 19.2 Å². The van der Waals surface area contributed by atoms with Crippen LogP contribution >= 0.6 is 0 Å². The molecule has 0 aliphatic heterocycles. The van der Waals surface area contributed by atoms with Crippen LogP contribution in [0.4, 0.5) is 13.2 Å². The molecule has 4 nitrogen and oxygen atoms in total. The molecule has 118 valence electrons. The molecule has 0 aliphatic carbocycles. The van der Waals surface area contributed by atoms with E-state index < -0.39 is 6.36 Å². The maximum absolute atomic E-state index is 12.0. The third kappa shape index (κ3) is 8.31. The molecule has 21 heavy (non-hydrogen) atoms. The van der Waals surface area contributed by atoms with E-state index in [2.05, 4.69) is 4.74 Å². The van der Waals surface area contributed by atoms with Gasteiger partial charge in [0.2, 0.25) is 0 Å². The average Bonchev–Trinajstić information content (AvgIpc) is 2.39. The molecule has 0 aliphatic rings. The van der Waals surface area contributed by atoms with Crippen molar-refractivity contribution in [2.75, 3.05) is 26.9 Å². The molecule has 0 atom stereocenters. The van der Waals surface area contributed by atoms with E-state index in [-0.39, 0.29) is 24.4 Å². The molecular formula is C14H17F3O4. The Morgan fingerprint density at radius 2 is 1.76 bits per heavy atom. The lowest BCUT2D eigenvalue weighted by atomic mass is 10.1. The number of ether oxygens (including phenoxy) is 3. The minimum Gasteiger partial charge on any atom is -0.406 e. The molecule has 1 aromatic rings. The molecule has 0 amide bonds. The van der Waals surface area contributed by atoms with Gasteiger partial charge in [0, 0.05) is 20.0 Å². The van der Waals surface area contributed by atoms with Crippen molar-refractivity contribution in [3.8, 4) is 5.75 Å². The van der Waals surface area contributed by atoms with Crippen molar-refractivity contribution < 1.29 is 32.2 Å². The summed E-state index contributed by atoms with van der Waals surface area (Å²) in [5.74, 6) is -0.349. The number of halogens is 3. The van der Waals surface area contributed by atoms with E-state index in [1.165, 1.54) is 24.3 Å². The number of methoxy groups -OCH3 is 1. The van der Waals surface area contributed by atoms with Gasteiger partial charge in [-0.2, -0.15) is 0 Å². The standard InChI is InChI=1S/C14H17F3O4/c1-19-8-9-20-7-6-12(18)10-11-2-4-13(5-3-11)21-14(15,16)17/h2-5H,6-10H2,1H3. The molecule has 0 unspecified atom stereocenters. The molecule has 0 N–H and O–H groups in total. The molecule has 0 saturated carbocycles. The van der Waals surface area contributed by atoms with Gasteiger partial charge in [0.1, 0.15) is 11.5 Å². The molecule has 0 heterocycles. The number of rotatable bonds is 9. The van der Waals surface area contributed by atoms with E-state index in [4.69, 9.17) is 9.47 Å². The van der Waals surface area contributed by atoms with Gasteiger partial charge < -0.3 is 14.2 Å². The van der Waals surface area contributed by atoms with Gasteiger partial charge in [-0.25, -0.2) is 0 Å². The topological polar surface area (TPSA) is 44.8 Å². The first-order valence-corrected chi connectivity index (χ1v) is 6.34. The largest absolute Gasteiger partial charge is 0.573 e. The van der Waals surface area contributed by atoms with Crippen LogP contribution in [-0.4, -0.2) is 39.1 Å². The average molecular weight is 306 g/mol. The number of hydrogen-bond acceptors (Lipinski definition) is 4. The summed E-state index contributed by atoms with van der Waals surface area (Å²) in [6.45, 7) is 1.19. The highest BCUT2D eigenvalue weighted by molar-refractivity contribution is 5.80. The van der Waals surface area contributed by atoms with Crippen molar-refractivity contribution >= 4 is 5.78 Å². The lowest BCUT2D eigenvalue weighted by molar-refractivity contribution is -0.274. The highest BCUT2D eigenvalue weighted by Crippen LogP contribution is 2.22. The van der Waals surface area contributed by atoms with Crippen LogP contribution in [0.15, 0.2) is 24.3 Å². The van der Waals surface area contributed by atoms with Gasteiger partial charge in [-0.05, 0) is 17.7 Å². The van der Waals surface area contributed by atoms with Crippen LogP contribution in [0.2, 0.25) is 0 Å². The Kier molecular flexibility index (Phi) is 7.18. The third-order valence-corrected chi connectivity index (χ3v) is 2.52. The van der Waals surface area contributed by atoms with Gasteiger partial charge in [-0.15, -0.1) is 13.2 Å². The number of carbonyl (C=O) groups excluding carboxylic acids is 1. The fourth-order valence-electron chi connectivity index (χ4n) is 1.56. The summed E-state index contributed by atoms with van der Waals surface area (Å²) in [7, 11) is 1.56. The number of carbonyl (C=O) groups is 1. The molecular weight excluding hydrogens is 289 g/mol. The van der Waals surface area contributed by atoms with Crippen LogP contribution in [0.5, 0.6) is 5.75 Å². The molecule has 0 bridgehead atoms. The Morgan fingerprint density at radius 3 is 2.33 bits per heavy atom. The Hall–Kier alpha value is -1.60. The fourth-order valence-corrected chi connectivity index (χ4v) is 1.56. The summed E-state index contributed by atoms with van der Waals surface area (Å²) >= 11 is 0. The van der Waals surface area contributed by atoms with Crippen LogP contribution in [0.1, 0.15) is 12.0 Å². The normalized spacial score (nSPS) is 11.4. The second-order valence-electron chi connectivity index (χ2n) is 4.26. The van der Waals surface area contributed by atoms with E-state index in [0.29, 0.717) is 25.4 Å². The highest BCUT2D eigenvalue weighted by Gasteiger charge is 2.30. The molecule has 1 rings (SSSR count). The SMILES string of the molecule is COCCOCCC(=O)Cc1ccc(OC(F)(F)F)cc1. The lowest BCUT2D eigenvalue weighted by Gasteiger charge is -2.09. The van der Waals surface area contributed by atoms with E-state index in [9.17, 15) is 18.0 Å². The number of ketones is 1. The molecule has 0 fully saturated rings. The molecule has 1 aromatic carbocycles. The second-order valence-corrected chi connectivity index (χ2v) is 4.26. The number of hydrogen-bond donors (Lipinski definition) is 0. The fraction of sp³-hybridized carbons (Fsp3) is 0.500. The van der Waals surface area contributed by atoms with Crippen molar-refractivity contribution in [1.82, 2.24) is 0 Å². The summed E-state index contributed by atoms with van der Waals surface area (Å²) in [6.07, 6.45) is -4.30. The predicted octanol–water partition coefficient (Wildman–Crippen LogP) is 2.75. The Balaban J connectivity index is 2.33. The first kappa shape index (κ1) is 17.5. The van der Waals surface area contributed by atoms with E-state index in [1.54, 1.807) is 7.11 Å². The minimum absolute atomic E-state index is 0.0445. The Morgan fingerprint density at radius 1 is 1.10 bits per heavy atom. The summed E-state index contributed by atoms with van der Waals surface area (Å²) in [5.41, 5.74) is 0.631. The Labute approximate surface area is 120 Å². The van der Waals surface area contributed by atoms with Gasteiger partial charge >= 0.3 is 6.36 Å². The third-order valence-electron chi connectivity index (χ3n) is 2.52. The molecule has 0 spiro atoms. The van der Waals surface area contributed by atoms with Crippen molar-refractivity contribution in [3.05, 3.63) is 29.8 Å². The van der Waals surface area contributed by atoms with Crippen LogP contribution in [0, 0.1) is 0 Å². The van der Waals surface area contributed by atoms with Gasteiger partial charge in [0.15, 0.2) is 0 Å². The van der Waals surface area contributed by atoms with Crippen molar-refractivity contribution in [3.63, 3.8) is 0 Å². The van der Waals surface area contributed by atoms with Gasteiger partial charge in [-0.1, -0.05) is 12.1 Å². The van der Waals surface area contributed by atoms with Crippen LogP contribution < -0.4 is 4.74 Å². The molecule has 0 radical (unpaired) electrons. The summed E-state index contributed by atoms with van der Waals surface area (Å²) in [4.78, 5) is 11.6. The zero-order valence-electron chi connectivity index (χ0n) is 11.6. The van der Waals surface area contributed by atoms with E-state index in [1.807, 2.05) is 0 Å². The monoisotopic (exact) mass is 306 g/mol. The van der Waals surface area contributed by atoms with Crippen LogP contribution in [-0.2, 0) is 20.7 Å². The number of alkyl halides is 3. The number of benzene rings is 1. The quantitative estimate of drug-likeness (QED) is 0.658. The predicted molar refractivity (Wildman–Crippen MR) is 69.1 cm³/mol. The maximum Gasteiger partial charge on any atom is 0.573 e. The zero-order chi connectivity index (χ0) is 15.7. The molecule has 7 heteroatoms. The minimum atomic E-state index is -4.71. The van der Waals surface area contributed by atoms with Gasteiger partial charge in [-0.3, -0.25) is 4.79 Å². The van der Waals surface area contributed by atoms with Gasteiger partial charge in [0.25, 0.3) is 0 Å². The highest BCUT2D eigenvalue weighted by atomic mass is 19.4. The first-order chi connectivity index (χ1) is 9.90. The first-order valence-electron chi connectivity index (χ1n) is 6.34. The lowest BCUT2D eigenvalue weighted by Crippen LogP contribution is -2.17.